The molecule has 0 aliphatic rings. The summed E-state index contributed by atoms with van der Waals surface area (Å²) in [6, 6.07) is 0.563. The summed E-state index contributed by atoms with van der Waals surface area (Å²) in [5, 5.41) is 3.45. The Balaban J connectivity index is 3.31. The molecule has 3 N–H and O–H groups in total. The van der Waals surface area contributed by atoms with Gasteiger partial charge in [-0.3, -0.25) is 4.79 Å². The molecule has 3 nitrogen and oxygen atoms in total. The molecular weight excluding hydrogens is 176 g/mol. The Labute approximate surface area is 87.4 Å². The zero-order chi connectivity index (χ0) is 11.0. The predicted octanol–water partition coefficient (Wildman–Crippen LogP) is 1.67. The topological polar surface area (TPSA) is 55.1 Å². The number of carbonyl (C=O) groups is 1. The van der Waals surface area contributed by atoms with Crippen molar-refractivity contribution in [2.24, 2.45) is 11.7 Å². The van der Waals surface area contributed by atoms with E-state index in [-0.39, 0.29) is 5.91 Å². The summed E-state index contributed by atoms with van der Waals surface area (Å²) in [5.74, 6) is 0.520. The van der Waals surface area contributed by atoms with Crippen LogP contribution < -0.4 is 11.1 Å². The molecule has 0 aromatic rings. The number of nitrogens with one attached hydrogen (secondary N) is 1. The van der Waals surface area contributed by atoms with Gasteiger partial charge in [-0.05, 0) is 32.2 Å². The van der Waals surface area contributed by atoms with Gasteiger partial charge in [0.15, 0.2) is 0 Å². The summed E-state index contributed by atoms with van der Waals surface area (Å²) < 4.78 is 0. The van der Waals surface area contributed by atoms with Crippen molar-refractivity contribution in [3.8, 4) is 0 Å². The lowest BCUT2D eigenvalue weighted by atomic mass is 10.0. The van der Waals surface area contributed by atoms with Crippen molar-refractivity contribution < 1.29 is 4.79 Å². The molecular formula is C11H24N2O. The summed E-state index contributed by atoms with van der Waals surface area (Å²) in [4.78, 5) is 10.5. The predicted molar refractivity (Wildman–Crippen MR) is 60.0 cm³/mol. The van der Waals surface area contributed by atoms with E-state index in [0.29, 0.717) is 18.4 Å². The van der Waals surface area contributed by atoms with Gasteiger partial charge in [-0.25, -0.2) is 0 Å². The van der Waals surface area contributed by atoms with Crippen molar-refractivity contribution >= 4 is 5.91 Å². The van der Waals surface area contributed by atoms with Crippen molar-refractivity contribution in [2.75, 3.05) is 6.54 Å². The number of rotatable bonds is 8. The molecule has 2 unspecified atom stereocenters. The molecule has 0 aliphatic carbocycles. The van der Waals surface area contributed by atoms with Gasteiger partial charge in [-0.1, -0.05) is 20.3 Å². The fourth-order valence-corrected chi connectivity index (χ4v) is 1.31. The Morgan fingerprint density at radius 1 is 1.36 bits per heavy atom. The third-order valence-electron chi connectivity index (χ3n) is 2.81. The van der Waals surface area contributed by atoms with Gasteiger partial charge in [0.2, 0.25) is 5.91 Å². The Morgan fingerprint density at radius 2 is 2.00 bits per heavy atom. The van der Waals surface area contributed by atoms with Gasteiger partial charge >= 0.3 is 0 Å². The van der Waals surface area contributed by atoms with Gasteiger partial charge in [-0.2, -0.15) is 0 Å². The number of unbranched alkanes of at least 4 members (excludes halogenated alkanes) is 1. The van der Waals surface area contributed by atoms with Crippen molar-refractivity contribution in [2.45, 2.75) is 52.5 Å². The molecule has 0 saturated heterocycles. The fourth-order valence-electron chi connectivity index (χ4n) is 1.31. The lowest BCUT2D eigenvalue weighted by Crippen LogP contribution is -2.32. The number of amides is 1. The first kappa shape index (κ1) is 13.4. The van der Waals surface area contributed by atoms with Gasteiger partial charge in [-0.15, -0.1) is 0 Å². The van der Waals surface area contributed by atoms with Crippen LogP contribution in [0.1, 0.15) is 46.5 Å². The molecule has 0 radical (unpaired) electrons. The van der Waals surface area contributed by atoms with Crippen LogP contribution in [0.2, 0.25) is 0 Å². The van der Waals surface area contributed by atoms with E-state index in [0.717, 1.165) is 19.4 Å². The third-order valence-corrected chi connectivity index (χ3v) is 2.81. The zero-order valence-corrected chi connectivity index (χ0v) is 9.68. The van der Waals surface area contributed by atoms with E-state index in [9.17, 15) is 4.79 Å². The maximum Gasteiger partial charge on any atom is 0.217 e. The molecule has 0 saturated carbocycles. The molecule has 0 aliphatic heterocycles. The summed E-state index contributed by atoms with van der Waals surface area (Å²) in [6.45, 7) is 7.65. The minimum atomic E-state index is -0.194. The lowest BCUT2D eigenvalue weighted by molar-refractivity contribution is -0.118. The van der Waals surface area contributed by atoms with Crippen LogP contribution in [0.15, 0.2) is 0 Å². The Bertz CT molecular complexity index is 159. The first-order valence-corrected chi connectivity index (χ1v) is 5.59. The zero-order valence-electron chi connectivity index (χ0n) is 9.68. The van der Waals surface area contributed by atoms with Crippen LogP contribution in [0.4, 0.5) is 0 Å². The first-order chi connectivity index (χ1) is 6.57. The largest absolute Gasteiger partial charge is 0.370 e. The fraction of sp³-hybridized carbons (Fsp3) is 0.909. The minimum Gasteiger partial charge on any atom is -0.370 e. The molecule has 2 atom stereocenters. The van der Waals surface area contributed by atoms with E-state index in [1.54, 1.807) is 0 Å². The van der Waals surface area contributed by atoms with Crippen LogP contribution in [0.25, 0.3) is 0 Å². The van der Waals surface area contributed by atoms with Crippen LogP contribution >= 0.6 is 0 Å². The highest BCUT2D eigenvalue weighted by molar-refractivity contribution is 5.73. The van der Waals surface area contributed by atoms with Gasteiger partial charge in [0, 0.05) is 12.5 Å². The smallest absolute Gasteiger partial charge is 0.217 e. The summed E-state index contributed by atoms with van der Waals surface area (Å²) in [7, 11) is 0. The lowest BCUT2D eigenvalue weighted by Gasteiger charge is -2.19. The molecule has 14 heavy (non-hydrogen) atoms. The highest BCUT2D eigenvalue weighted by atomic mass is 16.1. The second kappa shape index (κ2) is 7.80. The van der Waals surface area contributed by atoms with Crippen LogP contribution in [0, 0.1) is 5.92 Å². The summed E-state index contributed by atoms with van der Waals surface area (Å²) >= 11 is 0. The maximum atomic E-state index is 10.5. The Hall–Kier alpha value is -0.570. The van der Waals surface area contributed by atoms with E-state index in [1.807, 2.05) is 0 Å². The van der Waals surface area contributed by atoms with Crippen molar-refractivity contribution in [3.63, 3.8) is 0 Å². The van der Waals surface area contributed by atoms with E-state index in [4.69, 9.17) is 5.73 Å². The number of nitrogens with two attached hydrogens (primary N) is 1. The van der Waals surface area contributed by atoms with Crippen molar-refractivity contribution in [3.05, 3.63) is 0 Å². The summed E-state index contributed by atoms with van der Waals surface area (Å²) in [6.07, 6.45) is 3.65. The number of primary amides is 1. The van der Waals surface area contributed by atoms with Crippen LogP contribution in [0.3, 0.4) is 0 Å². The molecule has 0 rings (SSSR count). The van der Waals surface area contributed by atoms with Gasteiger partial charge in [0.05, 0.1) is 0 Å². The van der Waals surface area contributed by atoms with E-state index in [2.05, 4.69) is 26.1 Å². The van der Waals surface area contributed by atoms with Gasteiger partial charge in [0.1, 0.15) is 0 Å². The first-order valence-electron chi connectivity index (χ1n) is 5.59. The highest BCUT2D eigenvalue weighted by Crippen LogP contribution is 2.06. The quantitative estimate of drug-likeness (QED) is 0.586. The van der Waals surface area contributed by atoms with E-state index < -0.39 is 0 Å². The monoisotopic (exact) mass is 200 g/mol. The highest BCUT2D eigenvalue weighted by Gasteiger charge is 2.08. The van der Waals surface area contributed by atoms with Crippen molar-refractivity contribution in [1.29, 1.82) is 0 Å². The van der Waals surface area contributed by atoms with Crippen LogP contribution in [-0.4, -0.2) is 18.5 Å². The molecule has 0 aromatic carbocycles. The van der Waals surface area contributed by atoms with Gasteiger partial charge in [0.25, 0.3) is 0 Å². The Morgan fingerprint density at radius 3 is 2.50 bits per heavy atom. The van der Waals surface area contributed by atoms with E-state index in [1.165, 1.54) is 6.42 Å². The average molecular weight is 200 g/mol. The third kappa shape index (κ3) is 6.89. The summed E-state index contributed by atoms with van der Waals surface area (Å²) in [5.41, 5.74) is 5.04. The van der Waals surface area contributed by atoms with Crippen molar-refractivity contribution in [1.82, 2.24) is 5.32 Å². The standard InChI is InChI=1S/C11H24N2O/c1-4-9(2)10(3)13-8-6-5-7-11(12)14/h9-10,13H,4-8H2,1-3H3,(H2,12,14). The number of carbonyl (C=O) groups excluding carboxylic acids is 1. The number of hydrogen-bond acceptors (Lipinski definition) is 2. The second-order valence-electron chi connectivity index (χ2n) is 4.05. The van der Waals surface area contributed by atoms with E-state index >= 15 is 0 Å². The normalized spacial score (nSPS) is 15.1. The van der Waals surface area contributed by atoms with Crippen LogP contribution in [0.5, 0.6) is 0 Å². The van der Waals surface area contributed by atoms with Crippen LogP contribution in [-0.2, 0) is 4.79 Å². The SMILES string of the molecule is CCC(C)C(C)NCCCCC(N)=O. The Kier molecular flexibility index (Phi) is 7.48. The van der Waals surface area contributed by atoms with Gasteiger partial charge < -0.3 is 11.1 Å². The minimum absolute atomic E-state index is 0.194. The molecule has 0 fully saturated rings. The molecule has 3 heteroatoms. The maximum absolute atomic E-state index is 10.5. The molecule has 0 spiro atoms. The molecule has 1 amide bonds. The average Bonchev–Trinajstić information content (AvgIpc) is 2.15. The molecule has 0 bridgehead atoms. The molecule has 84 valence electrons. The molecule has 0 heterocycles. The molecule has 0 aromatic heterocycles. The second-order valence-corrected chi connectivity index (χ2v) is 4.05. The number of hydrogen-bond donors (Lipinski definition) is 2.